The molecule has 0 saturated carbocycles. The van der Waals surface area contributed by atoms with E-state index in [0.717, 1.165) is 25.8 Å². The van der Waals surface area contributed by atoms with Crippen molar-refractivity contribution in [2.75, 3.05) is 20.3 Å². The van der Waals surface area contributed by atoms with Gasteiger partial charge in [0.1, 0.15) is 6.04 Å². The van der Waals surface area contributed by atoms with Gasteiger partial charge in [0.25, 0.3) is 0 Å². The van der Waals surface area contributed by atoms with Gasteiger partial charge in [0.15, 0.2) is 0 Å². The Morgan fingerprint density at radius 1 is 1.69 bits per heavy atom. The number of methoxy groups -OCH3 is 1. The second-order valence-corrected chi connectivity index (χ2v) is 3.43. The monoisotopic (exact) mass is 187 g/mol. The molecule has 0 aromatic heterocycles. The van der Waals surface area contributed by atoms with Crippen LogP contribution in [0.5, 0.6) is 0 Å². The lowest BCUT2D eigenvalue weighted by Gasteiger charge is -2.28. The molecule has 1 fully saturated rings. The highest BCUT2D eigenvalue weighted by Gasteiger charge is 2.26. The molecule has 0 amide bonds. The van der Waals surface area contributed by atoms with E-state index in [-0.39, 0.29) is 18.6 Å². The van der Waals surface area contributed by atoms with E-state index in [9.17, 15) is 4.79 Å². The van der Waals surface area contributed by atoms with Gasteiger partial charge in [-0.3, -0.25) is 4.79 Å². The first kappa shape index (κ1) is 10.5. The number of esters is 1. The van der Waals surface area contributed by atoms with E-state index < -0.39 is 0 Å². The van der Waals surface area contributed by atoms with Gasteiger partial charge in [-0.1, -0.05) is 0 Å². The fourth-order valence-electron chi connectivity index (χ4n) is 1.76. The highest BCUT2D eigenvalue weighted by Crippen LogP contribution is 2.19. The standard InChI is InChI=1S/C9H17NO3/c1-13-9(12)8-6-7(3-5-11)2-4-10-8/h7-8,10-11H,2-6H2,1H3. The van der Waals surface area contributed by atoms with Crippen molar-refractivity contribution in [2.45, 2.75) is 25.3 Å². The lowest BCUT2D eigenvalue weighted by molar-refractivity contribution is -0.144. The molecule has 1 heterocycles. The van der Waals surface area contributed by atoms with Gasteiger partial charge in [0, 0.05) is 6.61 Å². The summed E-state index contributed by atoms with van der Waals surface area (Å²) in [6, 6.07) is -0.171. The molecule has 0 aromatic carbocycles. The zero-order valence-corrected chi connectivity index (χ0v) is 7.95. The predicted molar refractivity (Wildman–Crippen MR) is 48.2 cm³/mol. The van der Waals surface area contributed by atoms with E-state index >= 15 is 0 Å². The van der Waals surface area contributed by atoms with Crippen LogP contribution in [0.15, 0.2) is 0 Å². The maximum atomic E-state index is 11.2. The summed E-state index contributed by atoms with van der Waals surface area (Å²) in [7, 11) is 1.40. The van der Waals surface area contributed by atoms with Gasteiger partial charge >= 0.3 is 5.97 Å². The van der Waals surface area contributed by atoms with E-state index in [1.165, 1.54) is 7.11 Å². The minimum absolute atomic E-state index is 0.171. The van der Waals surface area contributed by atoms with Crippen molar-refractivity contribution in [3.8, 4) is 0 Å². The Hall–Kier alpha value is -0.610. The number of rotatable bonds is 3. The van der Waals surface area contributed by atoms with Crippen LogP contribution in [0.2, 0.25) is 0 Å². The van der Waals surface area contributed by atoms with Crippen LogP contribution in [-0.4, -0.2) is 37.4 Å². The molecular formula is C9H17NO3. The molecule has 2 unspecified atom stereocenters. The molecule has 0 radical (unpaired) electrons. The Kier molecular flexibility index (Phi) is 4.18. The van der Waals surface area contributed by atoms with Crippen molar-refractivity contribution in [3.05, 3.63) is 0 Å². The fourth-order valence-corrected chi connectivity index (χ4v) is 1.76. The summed E-state index contributed by atoms with van der Waals surface area (Å²) < 4.78 is 4.65. The zero-order chi connectivity index (χ0) is 9.68. The van der Waals surface area contributed by atoms with Crippen LogP contribution in [0.25, 0.3) is 0 Å². The molecular weight excluding hydrogens is 170 g/mol. The van der Waals surface area contributed by atoms with Crippen LogP contribution in [0.4, 0.5) is 0 Å². The minimum Gasteiger partial charge on any atom is -0.468 e. The van der Waals surface area contributed by atoms with Crippen LogP contribution < -0.4 is 5.32 Å². The van der Waals surface area contributed by atoms with Crippen LogP contribution in [0, 0.1) is 5.92 Å². The Labute approximate surface area is 78.3 Å². The summed E-state index contributed by atoms with van der Waals surface area (Å²) in [4.78, 5) is 11.2. The largest absolute Gasteiger partial charge is 0.468 e. The zero-order valence-electron chi connectivity index (χ0n) is 7.95. The summed E-state index contributed by atoms with van der Waals surface area (Å²) in [6.07, 6.45) is 2.61. The van der Waals surface area contributed by atoms with Gasteiger partial charge in [-0.2, -0.15) is 0 Å². The number of piperidine rings is 1. The number of aliphatic hydroxyl groups excluding tert-OH is 1. The molecule has 2 atom stereocenters. The van der Waals surface area contributed by atoms with Crippen molar-refractivity contribution in [3.63, 3.8) is 0 Å². The number of ether oxygens (including phenoxy) is 1. The number of carbonyl (C=O) groups excluding carboxylic acids is 1. The number of hydrogen-bond acceptors (Lipinski definition) is 4. The molecule has 0 bridgehead atoms. The number of carbonyl (C=O) groups is 1. The maximum absolute atomic E-state index is 11.2. The van der Waals surface area contributed by atoms with E-state index in [1.807, 2.05) is 0 Å². The van der Waals surface area contributed by atoms with Crippen LogP contribution >= 0.6 is 0 Å². The van der Waals surface area contributed by atoms with Crippen molar-refractivity contribution in [2.24, 2.45) is 5.92 Å². The molecule has 0 aliphatic carbocycles. The van der Waals surface area contributed by atoms with Gasteiger partial charge in [-0.15, -0.1) is 0 Å². The number of nitrogens with one attached hydrogen (secondary N) is 1. The average Bonchev–Trinajstić information content (AvgIpc) is 2.18. The Morgan fingerprint density at radius 3 is 3.08 bits per heavy atom. The first-order valence-electron chi connectivity index (χ1n) is 4.70. The molecule has 76 valence electrons. The van der Waals surface area contributed by atoms with Gasteiger partial charge in [0.2, 0.25) is 0 Å². The van der Waals surface area contributed by atoms with Gasteiger partial charge in [-0.25, -0.2) is 0 Å². The van der Waals surface area contributed by atoms with Crippen molar-refractivity contribution in [1.29, 1.82) is 0 Å². The number of hydrogen-bond donors (Lipinski definition) is 2. The third kappa shape index (κ3) is 2.97. The van der Waals surface area contributed by atoms with Crippen LogP contribution in [-0.2, 0) is 9.53 Å². The second kappa shape index (κ2) is 5.19. The van der Waals surface area contributed by atoms with Crippen LogP contribution in [0.3, 0.4) is 0 Å². The first-order valence-corrected chi connectivity index (χ1v) is 4.70. The van der Waals surface area contributed by atoms with E-state index in [0.29, 0.717) is 5.92 Å². The summed E-state index contributed by atoms with van der Waals surface area (Å²) in [5.41, 5.74) is 0. The lowest BCUT2D eigenvalue weighted by Crippen LogP contribution is -2.44. The molecule has 0 spiro atoms. The third-order valence-corrected chi connectivity index (χ3v) is 2.54. The van der Waals surface area contributed by atoms with E-state index in [4.69, 9.17) is 5.11 Å². The molecule has 13 heavy (non-hydrogen) atoms. The number of aliphatic hydroxyl groups is 1. The molecule has 1 aliphatic rings. The van der Waals surface area contributed by atoms with E-state index in [2.05, 4.69) is 10.1 Å². The van der Waals surface area contributed by atoms with Gasteiger partial charge in [0.05, 0.1) is 7.11 Å². The van der Waals surface area contributed by atoms with E-state index in [1.54, 1.807) is 0 Å². The normalized spacial score (nSPS) is 28.5. The molecule has 4 heteroatoms. The minimum atomic E-state index is -0.192. The Balaban J connectivity index is 2.37. The quantitative estimate of drug-likeness (QED) is 0.606. The molecule has 1 saturated heterocycles. The lowest BCUT2D eigenvalue weighted by atomic mass is 9.90. The van der Waals surface area contributed by atoms with Crippen molar-refractivity contribution < 1.29 is 14.6 Å². The van der Waals surface area contributed by atoms with Gasteiger partial charge < -0.3 is 15.2 Å². The smallest absolute Gasteiger partial charge is 0.322 e. The third-order valence-electron chi connectivity index (χ3n) is 2.54. The highest BCUT2D eigenvalue weighted by atomic mass is 16.5. The van der Waals surface area contributed by atoms with Crippen LogP contribution in [0.1, 0.15) is 19.3 Å². The summed E-state index contributed by atoms with van der Waals surface area (Å²) >= 11 is 0. The summed E-state index contributed by atoms with van der Waals surface area (Å²) in [6.45, 7) is 1.04. The molecule has 0 aromatic rings. The predicted octanol–water partition coefficient (Wildman–Crippen LogP) is -0.0900. The highest BCUT2D eigenvalue weighted by molar-refractivity contribution is 5.75. The summed E-state index contributed by atoms with van der Waals surface area (Å²) in [5.74, 6) is 0.262. The molecule has 2 N–H and O–H groups in total. The molecule has 1 aliphatic heterocycles. The average molecular weight is 187 g/mol. The van der Waals surface area contributed by atoms with Gasteiger partial charge in [-0.05, 0) is 31.7 Å². The topological polar surface area (TPSA) is 58.6 Å². The molecule has 1 rings (SSSR count). The fraction of sp³-hybridized carbons (Fsp3) is 0.889. The maximum Gasteiger partial charge on any atom is 0.322 e. The second-order valence-electron chi connectivity index (χ2n) is 3.43. The van der Waals surface area contributed by atoms with Crippen molar-refractivity contribution in [1.82, 2.24) is 5.32 Å². The van der Waals surface area contributed by atoms with Crippen molar-refractivity contribution >= 4 is 5.97 Å². The first-order chi connectivity index (χ1) is 6.27. The SMILES string of the molecule is COC(=O)C1CC(CCO)CCN1. The summed E-state index contributed by atoms with van der Waals surface area (Å²) in [5, 5.41) is 11.9. The Bertz CT molecular complexity index is 170. The molecule has 4 nitrogen and oxygen atoms in total. The Morgan fingerprint density at radius 2 is 2.46 bits per heavy atom.